The lowest BCUT2D eigenvalue weighted by Gasteiger charge is -2.13. The molecule has 5 nitrogen and oxygen atoms in total. The third-order valence-electron chi connectivity index (χ3n) is 2.47. The normalized spacial score (nSPS) is 11.1. The predicted molar refractivity (Wildman–Crippen MR) is 82.9 cm³/mol. The van der Waals surface area contributed by atoms with Crippen molar-refractivity contribution in [3.8, 4) is 11.5 Å². The van der Waals surface area contributed by atoms with Crippen LogP contribution in [0.3, 0.4) is 0 Å². The Labute approximate surface area is 118 Å². The summed E-state index contributed by atoms with van der Waals surface area (Å²) in [4.78, 5) is 4.17. The molecule has 0 saturated heterocycles. The molecule has 0 spiro atoms. The molecule has 0 saturated carbocycles. The summed E-state index contributed by atoms with van der Waals surface area (Å²) in [5.74, 6) is 3.17. The summed E-state index contributed by atoms with van der Waals surface area (Å²) >= 11 is 1.79. The van der Waals surface area contributed by atoms with Gasteiger partial charge >= 0.3 is 0 Å². The molecule has 1 rings (SSSR count). The van der Waals surface area contributed by atoms with E-state index < -0.39 is 0 Å². The molecule has 0 aliphatic heterocycles. The highest BCUT2D eigenvalue weighted by Crippen LogP contribution is 2.29. The first kappa shape index (κ1) is 15.5. The third-order valence-corrected chi connectivity index (χ3v) is 3.08. The van der Waals surface area contributed by atoms with Gasteiger partial charge in [0, 0.05) is 31.1 Å². The van der Waals surface area contributed by atoms with Crippen LogP contribution in [0.4, 0.5) is 5.69 Å². The van der Waals surface area contributed by atoms with Gasteiger partial charge in [-0.2, -0.15) is 11.8 Å². The molecule has 6 heteroatoms. The molecule has 0 heterocycles. The number of methoxy groups -OCH3 is 2. The fraction of sp³-hybridized carbons (Fsp3) is 0.462. The van der Waals surface area contributed by atoms with E-state index in [0.717, 1.165) is 23.9 Å². The largest absolute Gasteiger partial charge is 0.493 e. The van der Waals surface area contributed by atoms with Crippen LogP contribution >= 0.6 is 11.8 Å². The average molecular weight is 283 g/mol. The fourth-order valence-electron chi connectivity index (χ4n) is 1.50. The van der Waals surface area contributed by atoms with Gasteiger partial charge in [0.15, 0.2) is 17.5 Å². The van der Waals surface area contributed by atoms with Gasteiger partial charge in [-0.3, -0.25) is 4.99 Å². The van der Waals surface area contributed by atoms with E-state index in [2.05, 4.69) is 21.9 Å². The van der Waals surface area contributed by atoms with Crippen LogP contribution in [0, 0.1) is 0 Å². The van der Waals surface area contributed by atoms with Gasteiger partial charge in [-0.15, -0.1) is 0 Å². The van der Waals surface area contributed by atoms with Crippen molar-refractivity contribution < 1.29 is 9.47 Å². The lowest BCUT2D eigenvalue weighted by atomic mass is 10.3. The molecule has 0 fully saturated rings. The van der Waals surface area contributed by atoms with E-state index >= 15 is 0 Å². The number of thioether (sulfide) groups is 1. The minimum atomic E-state index is 0.687. The summed E-state index contributed by atoms with van der Waals surface area (Å²) in [7, 11) is 4.98. The van der Waals surface area contributed by atoms with Crippen molar-refractivity contribution in [2.24, 2.45) is 4.99 Å². The summed E-state index contributed by atoms with van der Waals surface area (Å²) in [6, 6.07) is 5.65. The highest BCUT2D eigenvalue weighted by Gasteiger charge is 2.05. The summed E-state index contributed by atoms with van der Waals surface area (Å²) < 4.78 is 10.5. The molecule has 0 bridgehead atoms. The van der Waals surface area contributed by atoms with E-state index in [-0.39, 0.29) is 0 Å². The van der Waals surface area contributed by atoms with Gasteiger partial charge in [0.05, 0.1) is 14.2 Å². The molecule has 19 heavy (non-hydrogen) atoms. The molecule has 0 aliphatic rings. The standard InChI is InChI=1S/C13H21N3O2S/c1-14-13(15-7-8-19-4)16-10-5-6-11(17-2)12(9-10)18-3/h5-6,9H,7-8H2,1-4H3,(H2,14,15,16). The van der Waals surface area contributed by atoms with Crippen LogP contribution in [0.25, 0.3) is 0 Å². The highest BCUT2D eigenvalue weighted by atomic mass is 32.2. The predicted octanol–water partition coefficient (Wildman–Crippen LogP) is 2.05. The van der Waals surface area contributed by atoms with Gasteiger partial charge in [0.1, 0.15) is 0 Å². The Hall–Kier alpha value is -1.56. The lowest BCUT2D eigenvalue weighted by Crippen LogP contribution is -2.32. The van der Waals surface area contributed by atoms with Crippen molar-refractivity contribution in [1.82, 2.24) is 5.32 Å². The van der Waals surface area contributed by atoms with E-state index in [9.17, 15) is 0 Å². The maximum Gasteiger partial charge on any atom is 0.195 e. The van der Waals surface area contributed by atoms with Crippen molar-refractivity contribution in [1.29, 1.82) is 0 Å². The first-order chi connectivity index (χ1) is 9.24. The second-order valence-electron chi connectivity index (χ2n) is 3.69. The fourth-order valence-corrected chi connectivity index (χ4v) is 1.81. The van der Waals surface area contributed by atoms with E-state index in [4.69, 9.17) is 9.47 Å². The van der Waals surface area contributed by atoms with Crippen LogP contribution in [0.15, 0.2) is 23.2 Å². The zero-order chi connectivity index (χ0) is 14.1. The summed E-state index contributed by atoms with van der Waals surface area (Å²) in [6.07, 6.45) is 2.08. The molecule has 1 aromatic rings. The van der Waals surface area contributed by atoms with Gasteiger partial charge in [0.2, 0.25) is 0 Å². The Bertz CT molecular complexity index is 424. The zero-order valence-corrected chi connectivity index (χ0v) is 12.6. The Morgan fingerprint density at radius 1 is 1.26 bits per heavy atom. The number of hydrogen-bond donors (Lipinski definition) is 2. The highest BCUT2D eigenvalue weighted by molar-refractivity contribution is 7.98. The maximum atomic E-state index is 5.26. The Kier molecular flexibility index (Phi) is 6.95. The molecule has 0 radical (unpaired) electrons. The Morgan fingerprint density at radius 2 is 2.00 bits per heavy atom. The number of guanidine groups is 1. The maximum absolute atomic E-state index is 5.26. The topological polar surface area (TPSA) is 54.9 Å². The van der Waals surface area contributed by atoms with Crippen molar-refractivity contribution >= 4 is 23.4 Å². The first-order valence-electron chi connectivity index (χ1n) is 5.93. The zero-order valence-electron chi connectivity index (χ0n) is 11.8. The summed E-state index contributed by atoms with van der Waals surface area (Å²) in [6.45, 7) is 0.869. The van der Waals surface area contributed by atoms with Crippen LogP contribution in [-0.4, -0.2) is 45.8 Å². The number of hydrogen-bond acceptors (Lipinski definition) is 4. The first-order valence-corrected chi connectivity index (χ1v) is 7.33. The van der Waals surface area contributed by atoms with Crippen molar-refractivity contribution in [2.75, 3.05) is 45.1 Å². The lowest BCUT2D eigenvalue weighted by molar-refractivity contribution is 0.355. The van der Waals surface area contributed by atoms with Gasteiger partial charge < -0.3 is 20.1 Å². The third kappa shape index (κ3) is 4.90. The molecular formula is C13H21N3O2S. The quantitative estimate of drug-likeness (QED) is 0.475. The monoisotopic (exact) mass is 283 g/mol. The van der Waals surface area contributed by atoms with Crippen LogP contribution in [-0.2, 0) is 0 Å². The minimum absolute atomic E-state index is 0.687. The molecule has 0 aromatic heterocycles. The molecule has 0 atom stereocenters. The van der Waals surface area contributed by atoms with Gasteiger partial charge in [-0.25, -0.2) is 0 Å². The van der Waals surface area contributed by atoms with Crippen LogP contribution in [0.2, 0.25) is 0 Å². The number of ether oxygens (including phenoxy) is 2. The molecule has 0 amide bonds. The minimum Gasteiger partial charge on any atom is -0.493 e. The summed E-state index contributed by atoms with van der Waals surface area (Å²) in [5.41, 5.74) is 0.898. The number of benzene rings is 1. The second kappa shape index (κ2) is 8.53. The summed E-state index contributed by atoms with van der Waals surface area (Å²) in [5, 5.41) is 6.44. The molecule has 1 aromatic carbocycles. The number of anilines is 1. The van der Waals surface area contributed by atoms with Crippen molar-refractivity contribution in [3.05, 3.63) is 18.2 Å². The molecule has 106 valence electrons. The molecule has 2 N–H and O–H groups in total. The van der Waals surface area contributed by atoms with Crippen LogP contribution < -0.4 is 20.1 Å². The molecule has 0 aliphatic carbocycles. The van der Waals surface area contributed by atoms with E-state index in [1.165, 1.54) is 0 Å². The van der Waals surface area contributed by atoms with E-state index in [1.807, 2.05) is 18.2 Å². The second-order valence-corrected chi connectivity index (χ2v) is 4.67. The Morgan fingerprint density at radius 3 is 2.58 bits per heavy atom. The smallest absolute Gasteiger partial charge is 0.195 e. The van der Waals surface area contributed by atoms with E-state index in [1.54, 1.807) is 33.0 Å². The van der Waals surface area contributed by atoms with Crippen molar-refractivity contribution in [3.63, 3.8) is 0 Å². The Balaban J connectivity index is 2.69. The number of nitrogens with one attached hydrogen (secondary N) is 2. The van der Waals surface area contributed by atoms with Gasteiger partial charge in [-0.1, -0.05) is 0 Å². The number of aliphatic imine (C=N–C) groups is 1. The number of nitrogens with zero attached hydrogens (tertiary/aromatic N) is 1. The van der Waals surface area contributed by atoms with E-state index in [0.29, 0.717) is 11.5 Å². The number of rotatable bonds is 6. The molecule has 0 unspecified atom stereocenters. The van der Waals surface area contributed by atoms with Gasteiger partial charge in [-0.05, 0) is 18.4 Å². The molecular weight excluding hydrogens is 262 g/mol. The van der Waals surface area contributed by atoms with Crippen molar-refractivity contribution in [2.45, 2.75) is 0 Å². The average Bonchev–Trinajstić information content (AvgIpc) is 2.46. The van der Waals surface area contributed by atoms with Gasteiger partial charge in [0.25, 0.3) is 0 Å². The van der Waals surface area contributed by atoms with Crippen LogP contribution in [0.1, 0.15) is 0 Å². The van der Waals surface area contributed by atoms with Crippen LogP contribution in [0.5, 0.6) is 11.5 Å². The SMILES string of the molecule is CN=C(NCCSC)Nc1ccc(OC)c(OC)c1.